The van der Waals surface area contributed by atoms with E-state index in [1.54, 1.807) is 6.20 Å². The first kappa shape index (κ1) is 25.2. The fraction of sp³-hybridized carbons (Fsp3) is 0.452. The van der Waals surface area contributed by atoms with Gasteiger partial charge in [-0.3, -0.25) is 9.78 Å². The summed E-state index contributed by atoms with van der Waals surface area (Å²) in [4.78, 5) is 23.1. The van der Waals surface area contributed by atoms with Gasteiger partial charge in [-0.2, -0.15) is 0 Å². The molecular formula is C31H35N3O3. The molecule has 6 nitrogen and oxygen atoms in total. The number of benzene rings is 2. The molecule has 2 aliphatic rings. The van der Waals surface area contributed by atoms with Gasteiger partial charge in [-0.15, -0.1) is 0 Å². The lowest BCUT2D eigenvalue weighted by molar-refractivity contribution is -0.118. The Morgan fingerprint density at radius 3 is 2.65 bits per heavy atom. The number of nitrogens with zero attached hydrogens (tertiary/aromatic N) is 3. The number of carbonyl (C=O) groups is 1. The van der Waals surface area contributed by atoms with Crippen molar-refractivity contribution in [2.75, 3.05) is 26.2 Å². The second kappa shape index (κ2) is 11.3. The van der Waals surface area contributed by atoms with Crippen molar-refractivity contribution in [3.05, 3.63) is 64.6 Å². The van der Waals surface area contributed by atoms with E-state index in [4.69, 9.17) is 16.0 Å². The number of rotatable bonds is 11. The second-order valence-electron chi connectivity index (χ2n) is 10.4. The summed E-state index contributed by atoms with van der Waals surface area (Å²) in [5, 5.41) is 0.777. The average molecular weight is 498 g/mol. The molecule has 1 aromatic heterocycles. The third kappa shape index (κ3) is 6.11. The zero-order valence-electron chi connectivity index (χ0n) is 21.9. The summed E-state index contributed by atoms with van der Waals surface area (Å²) in [6, 6.07) is 9.44. The average Bonchev–Trinajstić information content (AvgIpc) is 3.55. The molecule has 37 heavy (non-hydrogen) atoms. The number of Topliss-reactive ketones (excluding diaryl/α,β-unsaturated/α-hetero) is 1. The zero-order valence-corrected chi connectivity index (χ0v) is 21.9. The van der Waals surface area contributed by atoms with Gasteiger partial charge in [0.15, 0.2) is 0 Å². The molecule has 2 aromatic carbocycles. The van der Waals surface area contributed by atoms with Gasteiger partial charge in [0.1, 0.15) is 23.0 Å². The lowest BCUT2D eigenvalue weighted by Crippen LogP contribution is -2.21. The van der Waals surface area contributed by atoms with Gasteiger partial charge in [-0.05, 0) is 106 Å². The third-order valence-electron chi connectivity index (χ3n) is 7.65. The van der Waals surface area contributed by atoms with E-state index in [-0.39, 0.29) is 0 Å². The van der Waals surface area contributed by atoms with Crippen LogP contribution in [0.15, 0.2) is 36.5 Å². The van der Waals surface area contributed by atoms with Gasteiger partial charge in [0.05, 0.1) is 18.7 Å². The predicted octanol–water partition coefficient (Wildman–Crippen LogP) is 6.97. The fourth-order valence-corrected chi connectivity index (χ4v) is 5.11. The van der Waals surface area contributed by atoms with Gasteiger partial charge in [0.2, 0.25) is 5.69 Å². The van der Waals surface area contributed by atoms with Crippen molar-refractivity contribution in [1.29, 1.82) is 0 Å². The first-order valence-electron chi connectivity index (χ1n) is 13.5. The van der Waals surface area contributed by atoms with Crippen LogP contribution in [0.4, 0.5) is 5.69 Å². The number of fused-ring (bicyclic) bond motifs is 1. The van der Waals surface area contributed by atoms with Gasteiger partial charge in [0.25, 0.3) is 0 Å². The maximum absolute atomic E-state index is 12.4. The fourth-order valence-electron chi connectivity index (χ4n) is 5.11. The molecule has 2 heterocycles. The maximum Gasteiger partial charge on any atom is 0.229 e. The van der Waals surface area contributed by atoms with E-state index in [2.05, 4.69) is 21.7 Å². The van der Waals surface area contributed by atoms with Crippen LogP contribution in [0.2, 0.25) is 0 Å². The van der Waals surface area contributed by atoms with Crippen molar-refractivity contribution < 1.29 is 14.3 Å². The van der Waals surface area contributed by atoms with E-state index in [1.807, 2.05) is 37.3 Å². The van der Waals surface area contributed by atoms with Crippen LogP contribution in [0.1, 0.15) is 55.2 Å². The number of ketones is 1. The van der Waals surface area contributed by atoms with Crippen LogP contribution in [0, 0.1) is 26.3 Å². The van der Waals surface area contributed by atoms with Crippen LogP contribution in [0.5, 0.6) is 17.2 Å². The molecule has 0 atom stereocenters. The Kier molecular flexibility index (Phi) is 7.71. The molecule has 0 spiro atoms. The molecule has 0 radical (unpaired) electrons. The molecule has 1 aliphatic carbocycles. The first-order chi connectivity index (χ1) is 18.0. The minimum absolute atomic E-state index is 0.319. The van der Waals surface area contributed by atoms with Crippen molar-refractivity contribution in [3.63, 3.8) is 0 Å². The van der Waals surface area contributed by atoms with Crippen LogP contribution >= 0.6 is 0 Å². The number of carbonyl (C=O) groups excluding carboxylic acids is 1. The van der Waals surface area contributed by atoms with Gasteiger partial charge >= 0.3 is 0 Å². The van der Waals surface area contributed by atoms with Gasteiger partial charge < -0.3 is 14.4 Å². The molecule has 1 aliphatic heterocycles. The Morgan fingerprint density at radius 2 is 1.89 bits per heavy atom. The summed E-state index contributed by atoms with van der Waals surface area (Å²) in [5.74, 6) is 2.89. The quantitative estimate of drug-likeness (QED) is 0.211. The highest BCUT2D eigenvalue weighted by atomic mass is 16.5. The minimum Gasteiger partial charge on any atom is -0.504 e. The highest BCUT2D eigenvalue weighted by molar-refractivity contribution is 5.91. The number of ether oxygens (including phenoxy) is 2. The van der Waals surface area contributed by atoms with Crippen LogP contribution in [0.25, 0.3) is 15.7 Å². The molecule has 1 saturated carbocycles. The van der Waals surface area contributed by atoms with Crippen LogP contribution in [-0.2, 0) is 11.2 Å². The van der Waals surface area contributed by atoms with Crippen molar-refractivity contribution in [1.82, 2.24) is 9.88 Å². The normalized spacial score (nSPS) is 15.6. The number of hydrogen-bond donors (Lipinski definition) is 0. The Balaban J connectivity index is 1.31. The molecule has 6 heteroatoms. The Labute approximate surface area is 219 Å². The van der Waals surface area contributed by atoms with Crippen molar-refractivity contribution in [2.45, 2.75) is 58.8 Å². The monoisotopic (exact) mass is 497 g/mol. The first-order valence-corrected chi connectivity index (χ1v) is 13.5. The van der Waals surface area contributed by atoms with Crippen LogP contribution in [-0.4, -0.2) is 41.9 Å². The highest BCUT2D eigenvalue weighted by Gasteiger charge is 2.24. The molecule has 0 unspecified atom stereocenters. The smallest absolute Gasteiger partial charge is 0.229 e. The van der Waals surface area contributed by atoms with Gasteiger partial charge in [0, 0.05) is 31.0 Å². The van der Waals surface area contributed by atoms with E-state index >= 15 is 0 Å². The van der Waals surface area contributed by atoms with E-state index in [0.29, 0.717) is 48.3 Å². The lowest BCUT2D eigenvalue weighted by atomic mass is 9.97. The highest BCUT2D eigenvalue weighted by Crippen LogP contribution is 2.39. The molecule has 0 bridgehead atoms. The van der Waals surface area contributed by atoms with Crippen LogP contribution in [0.3, 0.4) is 0 Å². The summed E-state index contributed by atoms with van der Waals surface area (Å²) in [6.07, 6.45) is 8.80. The number of pyridine rings is 1. The Morgan fingerprint density at radius 1 is 1.08 bits per heavy atom. The maximum atomic E-state index is 12.4. The number of likely N-dealkylation sites (tertiary alicyclic amines) is 1. The van der Waals surface area contributed by atoms with Crippen molar-refractivity contribution in [3.8, 4) is 17.2 Å². The Bertz CT molecular complexity index is 1330. The summed E-state index contributed by atoms with van der Waals surface area (Å²) in [5.41, 5.74) is 4.37. The molecule has 3 aromatic rings. The summed E-state index contributed by atoms with van der Waals surface area (Å²) < 4.78 is 12.4. The predicted molar refractivity (Wildman–Crippen MR) is 146 cm³/mol. The summed E-state index contributed by atoms with van der Waals surface area (Å²) >= 11 is 0. The van der Waals surface area contributed by atoms with Gasteiger partial charge in [-0.25, -0.2) is 4.85 Å². The summed E-state index contributed by atoms with van der Waals surface area (Å²) in [7, 11) is 0. The van der Waals surface area contributed by atoms with Crippen molar-refractivity contribution >= 4 is 22.4 Å². The standard InChI is InChI=1S/C31H35N3O3/c1-21-22(2)29(10-9-24(21)18-25(35)17-23-7-8-23)37-30-11-12-33-27-20-31(28(32-3)19-26(27)30)36-16-6-15-34-13-4-5-14-34/h9-12,19-20,23H,4-8,13-18H2,1-2H3. The van der Waals surface area contributed by atoms with E-state index < -0.39 is 0 Å². The topological polar surface area (TPSA) is 56.0 Å². The number of hydrogen-bond acceptors (Lipinski definition) is 5. The molecule has 2 fully saturated rings. The van der Waals surface area contributed by atoms with Crippen LogP contribution < -0.4 is 9.47 Å². The largest absolute Gasteiger partial charge is 0.504 e. The second-order valence-corrected chi connectivity index (χ2v) is 10.4. The molecule has 0 amide bonds. The lowest BCUT2D eigenvalue weighted by Gasteiger charge is -2.16. The molecular weight excluding hydrogens is 462 g/mol. The zero-order chi connectivity index (χ0) is 25.8. The van der Waals surface area contributed by atoms with E-state index in [9.17, 15) is 4.79 Å². The summed E-state index contributed by atoms with van der Waals surface area (Å²) in [6.45, 7) is 15.7. The minimum atomic E-state index is 0.319. The number of aromatic nitrogens is 1. The SMILES string of the molecule is [C-]#[N+]c1cc2c(Oc3ccc(CC(=O)CC4CC4)c(C)c3C)ccnc2cc1OCCCN1CCCC1. The molecule has 5 rings (SSSR count). The molecule has 0 N–H and O–H groups in total. The molecule has 1 saturated heterocycles. The van der Waals surface area contributed by atoms with E-state index in [1.165, 1.54) is 38.8 Å². The van der Waals surface area contributed by atoms with Crippen molar-refractivity contribution in [2.24, 2.45) is 5.92 Å². The van der Waals surface area contributed by atoms with E-state index in [0.717, 1.165) is 46.3 Å². The third-order valence-corrected chi connectivity index (χ3v) is 7.65. The van der Waals surface area contributed by atoms with Gasteiger partial charge in [-0.1, -0.05) is 6.07 Å². The molecule has 192 valence electrons. The Hall–Kier alpha value is -3.43.